The molecule has 0 saturated heterocycles. The summed E-state index contributed by atoms with van der Waals surface area (Å²) < 4.78 is 0. The van der Waals surface area contributed by atoms with Gasteiger partial charge in [-0.25, -0.2) is 0 Å². The van der Waals surface area contributed by atoms with Crippen LogP contribution in [0, 0.1) is 6.92 Å². The van der Waals surface area contributed by atoms with Crippen molar-refractivity contribution in [2.45, 2.75) is 38.7 Å². The lowest BCUT2D eigenvalue weighted by Gasteiger charge is -2.26. The molecule has 70 valence electrons. The second kappa shape index (κ2) is 3.15. The van der Waals surface area contributed by atoms with E-state index in [-0.39, 0.29) is 6.10 Å². The van der Waals surface area contributed by atoms with Gasteiger partial charge in [0, 0.05) is 0 Å². The fourth-order valence-corrected chi connectivity index (χ4v) is 2.15. The summed E-state index contributed by atoms with van der Waals surface area (Å²) in [6.07, 6.45) is 1.79. The minimum atomic E-state index is -0.230. The van der Waals surface area contributed by atoms with Crippen LogP contribution in [0.5, 0.6) is 0 Å². The van der Waals surface area contributed by atoms with Gasteiger partial charge in [-0.3, -0.25) is 0 Å². The lowest BCUT2D eigenvalue weighted by Crippen LogP contribution is -2.12. The van der Waals surface area contributed by atoms with Gasteiger partial charge in [-0.2, -0.15) is 0 Å². The smallest absolute Gasteiger partial charge is 0.0793 e. The Labute approximate surface area is 79.4 Å². The Balaban J connectivity index is 2.50. The van der Waals surface area contributed by atoms with E-state index in [4.69, 9.17) is 0 Å². The molecule has 0 unspecified atom stereocenters. The lowest BCUT2D eigenvalue weighted by atomic mass is 9.82. The van der Waals surface area contributed by atoms with Crippen molar-refractivity contribution in [2.24, 2.45) is 0 Å². The molecule has 0 bridgehead atoms. The SMILES string of the molecule is Cc1ccc2c(c1)[C@H](O)CC[C@@H]2C. The highest BCUT2D eigenvalue weighted by molar-refractivity contribution is 5.37. The summed E-state index contributed by atoms with van der Waals surface area (Å²) in [6, 6.07) is 6.42. The number of hydrogen-bond donors (Lipinski definition) is 1. The molecule has 1 aliphatic rings. The van der Waals surface area contributed by atoms with Crippen LogP contribution in [-0.2, 0) is 0 Å². The summed E-state index contributed by atoms with van der Waals surface area (Å²) in [6.45, 7) is 4.31. The van der Waals surface area contributed by atoms with Crippen molar-refractivity contribution >= 4 is 0 Å². The summed E-state index contributed by atoms with van der Waals surface area (Å²) in [5, 5.41) is 9.80. The molecule has 0 saturated carbocycles. The number of benzene rings is 1. The van der Waals surface area contributed by atoms with Crippen LogP contribution in [0.2, 0.25) is 0 Å². The van der Waals surface area contributed by atoms with Gasteiger partial charge in [0.15, 0.2) is 0 Å². The average Bonchev–Trinajstić information content (AvgIpc) is 2.12. The normalized spacial score (nSPS) is 27.0. The molecule has 0 aliphatic heterocycles. The average molecular weight is 176 g/mol. The molecule has 0 aromatic heterocycles. The van der Waals surface area contributed by atoms with Crippen molar-refractivity contribution in [3.05, 3.63) is 34.9 Å². The molecular weight excluding hydrogens is 160 g/mol. The number of aliphatic hydroxyl groups is 1. The van der Waals surface area contributed by atoms with Gasteiger partial charge in [-0.05, 0) is 36.8 Å². The van der Waals surface area contributed by atoms with Crippen LogP contribution in [0.3, 0.4) is 0 Å². The minimum Gasteiger partial charge on any atom is -0.388 e. The molecule has 1 N–H and O–H groups in total. The van der Waals surface area contributed by atoms with Gasteiger partial charge in [0.1, 0.15) is 0 Å². The molecule has 1 aromatic rings. The number of aryl methyl sites for hydroxylation is 1. The van der Waals surface area contributed by atoms with Gasteiger partial charge in [-0.1, -0.05) is 30.7 Å². The second-order valence-corrected chi connectivity index (χ2v) is 4.13. The van der Waals surface area contributed by atoms with Gasteiger partial charge >= 0.3 is 0 Å². The molecule has 13 heavy (non-hydrogen) atoms. The molecule has 1 nitrogen and oxygen atoms in total. The molecule has 1 aromatic carbocycles. The van der Waals surface area contributed by atoms with Crippen molar-refractivity contribution in [2.75, 3.05) is 0 Å². The Hall–Kier alpha value is -0.820. The molecule has 0 amide bonds. The zero-order valence-corrected chi connectivity index (χ0v) is 8.25. The predicted molar refractivity (Wildman–Crippen MR) is 53.8 cm³/mol. The van der Waals surface area contributed by atoms with Gasteiger partial charge in [0.05, 0.1) is 6.10 Å². The number of fused-ring (bicyclic) bond motifs is 1. The molecule has 2 atom stereocenters. The first-order valence-electron chi connectivity index (χ1n) is 4.97. The third-order valence-corrected chi connectivity index (χ3v) is 3.01. The fourth-order valence-electron chi connectivity index (χ4n) is 2.15. The zero-order chi connectivity index (χ0) is 9.42. The van der Waals surface area contributed by atoms with E-state index in [0.29, 0.717) is 5.92 Å². The first-order chi connectivity index (χ1) is 6.18. The first-order valence-corrected chi connectivity index (χ1v) is 4.97. The largest absolute Gasteiger partial charge is 0.388 e. The quantitative estimate of drug-likeness (QED) is 0.644. The molecule has 0 heterocycles. The van der Waals surface area contributed by atoms with E-state index in [1.807, 2.05) is 0 Å². The maximum absolute atomic E-state index is 9.80. The summed E-state index contributed by atoms with van der Waals surface area (Å²) in [4.78, 5) is 0. The molecule has 0 fully saturated rings. The van der Waals surface area contributed by atoms with Crippen LogP contribution in [0.1, 0.15) is 48.5 Å². The molecular formula is C12H16O. The monoisotopic (exact) mass is 176 g/mol. The number of rotatable bonds is 0. The fraction of sp³-hybridized carbons (Fsp3) is 0.500. The summed E-state index contributed by atoms with van der Waals surface area (Å²) in [7, 11) is 0. The summed E-state index contributed by atoms with van der Waals surface area (Å²) in [5.74, 6) is 0.610. The first kappa shape index (κ1) is 8.76. The van der Waals surface area contributed by atoms with E-state index >= 15 is 0 Å². The van der Waals surface area contributed by atoms with E-state index in [9.17, 15) is 5.11 Å². The zero-order valence-electron chi connectivity index (χ0n) is 8.25. The van der Waals surface area contributed by atoms with E-state index in [0.717, 1.165) is 18.4 Å². The van der Waals surface area contributed by atoms with Crippen molar-refractivity contribution in [3.63, 3.8) is 0 Å². The standard InChI is InChI=1S/C12H16O/c1-8-3-5-10-9(2)4-6-12(13)11(10)7-8/h3,5,7,9,12-13H,4,6H2,1-2H3/t9-,12+/m0/s1. The van der Waals surface area contributed by atoms with E-state index in [2.05, 4.69) is 32.0 Å². The maximum Gasteiger partial charge on any atom is 0.0793 e. The van der Waals surface area contributed by atoms with E-state index in [1.54, 1.807) is 0 Å². The minimum absolute atomic E-state index is 0.230. The Bertz CT molecular complexity index is 317. The summed E-state index contributed by atoms with van der Waals surface area (Å²) >= 11 is 0. The Morgan fingerprint density at radius 2 is 2.00 bits per heavy atom. The topological polar surface area (TPSA) is 20.2 Å². The van der Waals surface area contributed by atoms with Crippen molar-refractivity contribution in [3.8, 4) is 0 Å². The van der Waals surface area contributed by atoms with Crippen molar-refractivity contribution in [1.29, 1.82) is 0 Å². The number of aliphatic hydroxyl groups excluding tert-OH is 1. The maximum atomic E-state index is 9.80. The highest BCUT2D eigenvalue weighted by Crippen LogP contribution is 2.37. The van der Waals surface area contributed by atoms with Crippen LogP contribution in [-0.4, -0.2) is 5.11 Å². The Morgan fingerprint density at radius 1 is 1.23 bits per heavy atom. The van der Waals surface area contributed by atoms with Crippen LogP contribution < -0.4 is 0 Å². The second-order valence-electron chi connectivity index (χ2n) is 4.13. The van der Waals surface area contributed by atoms with E-state index < -0.39 is 0 Å². The predicted octanol–water partition coefficient (Wildman–Crippen LogP) is 2.93. The van der Waals surface area contributed by atoms with Gasteiger partial charge in [0.2, 0.25) is 0 Å². The molecule has 2 rings (SSSR count). The van der Waals surface area contributed by atoms with Gasteiger partial charge < -0.3 is 5.11 Å². The third kappa shape index (κ3) is 1.49. The third-order valence-electron chi connectivity index (χ3n) is 3.01. The lowest BCUT2D eigenvalue weighted by molar-refractivity contribution is 0.151. The van der Waals surface area contributed by atoms with Crippen molar-refractivity contribution in [1.82, 2.24) is 0 Å². The van der Waals surface area contributed by atoms with Crippen LogP contribution in [0.4, 0.5) is 0 Å². The highest BCUT2D eigenvalue weighted by Gasteiger charge is 2.22. The van der Waals surface area contributed by atoms with Crippen molar-refractivity contribution < 1.29 is 5.11 Å². The van der Waals surface area contributed by atoms with Gasteiger partial charge in [-0.15, -0.1) is 0 Å². The Kier molecular flexibility index (Phi) is 2.12. The van der Waals surface area contributed by atoms with Crippen LogP contribution >= 0.6 is 0 Å². The molecule has 1 heteroatoms. The van der Waals surface area contributed by atoms with Crippen LogP contribution in [0.15, 0.2) is 18.2 Å². The van der Waals surface area contributed by atoms with Crippen LogP contribution in [0.25, 0.3) is 0 Å². The molecule has 0 spiro atoms. The molecule has 0 radical (unpaired) electrons. The van der Waals surface area contributed by atoms with E-state index in [1.165, 1.54) is 11.1 Å². The molecule has 1 aliphatic carbocycles. The van der Waals surface area contributed by atoms with Gasteiger partial charge in [0.25, 0.3) is 0 Å². The highest BCUT2D eigenvalue weighted by atomic mass is 16.3. The Morgan fingerprint density at radius 3 is 2.77 bits per heavy atom. The summed E-state index contributed by atoms with van der Waals surface area (Å²) in [5.41, 5.74) is 3.73. The number of hydrogen-bond acceptors (Lipinski definition) is 1.